The Kier molecular flexibility index (Phi) is 6.44. The number of hydrogen-bond acceptors (Lipinski definition) is 5. The van der Waals surface area contributed by atoms with Crippen LogP contribution in [-0.4, -0.2) is 61.6 Å². The highest BCUT2D eigenvalue weighted by molar-refractivity contribution is 7.92. The topological polar surface area (TPSA) is 92.8 Å². The second kappa shape index (κ2) is 7.51. The minimum Gasteiger partial charge on any atom is -0.444 e. The molecule has 1 aliphatic rings. The van der Waals surface area contributed by atoms with Crippen molar-refractivity contribution in [3.8, 4) is 0 Å². The van der Waals surface area contributed by atoms with Gasteiger partial charge in [-0.15, -0.1) is 0 Å². The molecule has 2 amide bonds. The summed E-state index contributed by atoms with van der Waals surface area (Å²) in [6.07, 6.45) is 0.177. The van der Waals surface area contributed by atoms with Crippen LogP contribution < -0.4 is 5.32 Å². The zero-order chi connectivity index (χ0) is 17.8. The summed E-state index contributed by atoms with van der Waals surface area (Å²) < 4.78 is 28.9. The minimum atomic E-state index is -3.39. The number of rotatable bonds is 5. The molecule has 8 heteroatoms. The predicted molar refractivity (Wildman–Crippen MR) is 87.8 cm³/mol. The number of amides is 2. The Bertz CT molecular complexity index is 537. The lowest BCUT2D eigenvalue weighted by molar-refractivity contribution is -0.119. The largest absolute Gasteiger partial charge is 0.444 e. The van der Waals surface area contributed by atoms with Crippen LogP contribution in [0.3, 0.4) is 0 Å². The lowest BCUT2D eigenvalue weighted by atomic mass is 10.2. The van der Waals surface area contributed by atoms with Crippen molar-refractivity contribution < 1.29 is 22.7 Å². The second-order valence-corrected chi connectivity index (χ2v) is 9.54. The van der Waals surface area contributed by atoms with Gasteiger partial charge in [0, 0.05) is 19.1 Å². The Morgan fingerprint density at radius 3 is 2.43 bits per heavy atom. The van der Waals surface area contributed by atoms with Gasteiger partial charge in [0.2, 0.25) is 5.91 Å². The zero-order valence-electron chi connectivity index (χ0n) is 14.6. The van der Waals surface area contributed by atoms with Crippen molar-refractivity contribution in [1.82, 2.24) is 10.2 Å². The van der Waals surface area contributed by atoms with Crippen LogP contribution in [0, 0.1) is 5.92 Å². The molecule has 0 spiro atoms. The average Bonchev–Trinajstić information content (AvgIpc) is 2.71. The summed E-state index contributed by atoms with van der Waals surface area (Å²) in [6, 6.07) is -0.232. The van der Waals surface area contributed by atoms with Gasteiger partial charge in [-0.05, 0) is 33.1 Å². The minimum absolute atomic E-state index is 0.00484. The molecule has 0 aromatic carbocycles. The maximum Gasteiger partial charge on any atom is 0.410 e. The van der Waals surface area contributed by atoms with Crippen LogP contribution in [0.1, 0.15) is 41.0 Å². The highest BCUT2D eigenvalue weighted by Crippen LogP contribution is 2.15. The number of carbonyl (C=O) groups excluding carboxylic acids is 2. The number of likely N-dealkylation sites (tertiary alicyclic amines) is 1. The Morgan fingerprint density at radius 2 is 1.91 bits per heavy atom. The molecule has 0 saturated carbocycles. The summed E-state index contributed by atoms with van der Waals surface area (Å²) in [4.78, 5) is 25.3. The summed E-state index contributed by atoms with van der Waals surface area (Å²) in [6.45, 7) is 9.79. The van der Waals surface area contributed by atoms with E-state index < -0.39 is 33.2 Å². The van der Waals surface area contributed by atoms with Gasteiger partial charge in [-0.3, -0.25) is 4.79 Å². The Labute approximate surface area is 138 Å². The molecule has 0 unspecified atom stereocenters. The van der Waals surface area contributed by atoms with Crippen LogP contribution in [0.5, 0.6) is 0 Å². The molecular formula is C15H28N2O5S. The molecule has 0 bridgehead atoms. The standard InChI is InChI=1S/C15H28N2O5S/c1-11(2)9-23(20,21)10-13(18)16-12-6-7-17(8-12)14(19)22-15(3,4)5/h11-12H,6-10H2,1-5H3,(H,16,18)/t12-/m0/s1. The van der Waals surface area contributed by atoms with Crippen molar-refractivity contribution in [2.24, 2.45) is 5.92 Å². The summed E-state index contributed by atoms with van der Waals surface area (Å²) in [5.74, 6) is -1.04. The second-order valence-electron chi connectivity index (χ2n) is 7.43. The molecule has 7 nitrogen and oxygen atoms in total. The molecule has 0 radical (unpaired) electrons. The van der Waals surface area contributed by atoms with E-state index in [1.165, 1.54) is 4.90 Å². The van der Waals surface area contributed by atoms with E-state index in [0.717, 1.165) is 0 Å². The fourth-order valence-electron chi connectivity index (χ4n) is 2.41. The van der Waals surface area contributed by atoms with E-state index in [9.17, 15) is 18.0 Å². The highest BCUT2D eigenvalue weighted by Gasteiger charge is 2.31. The fourth-order valence-corrected chi connectivity index (χ4v) is 4.02. The van der Waals surface area contributed by atoms with Crippen molar-refractivity contribution in [2.45, 2.75) is 52.7 Å². The van der Waals surface area contributed by atoms with Crippen LogP contribution in [0.25, 0.3) is 0 Å². The highest BCUT2D eigenvalue weighted by atomic mass is 32.2. The van der Waals surface area contributed by atoms with E-state index in [1.807, 2.05) is 0 Å². The first-order valence-electron chi connectivity index (χ1n) is 7.85. The van der Waals surface area contributed by atoms with Gasteiger partial charge >= 0.3 is 6.09 Å². The molecule has 1 aliphatic heterocycles. The molecule has 0 aromatic rings. The van der Waals surface area contributed by atoms with Crippen LogP contribution in [0.15, 0.2) is 0 Å². The third kappa shape index (κ3) is 7.67. The molecule has 1 heterocycles. The van der Waals surface area contributed by atoms with Gasteiger partial charge < -0.3 is 15.0 Å². The zero-order valence-corrected chi connectivity index (χ0v) is 15.4. The first kappa shape index (κ1) is 19.7. The van der Waals surface area contributed by atoms with E-state index in [4.69, 9.17) is 4.74 Å². The Morgan fingerprint density at radius 1 is 1.30 bits per heavy atom. The quantitative estimate of drug-likeness (QED) is 0.805. The fraction of sp³-hybridized carbons (Fsp3) is 0.867. The predicted octanol–water partition coefficient (Wildman–Crippen LogP) is 1.18. The van der Waals surface area contributed by atoms with Gasteiger partial charge in [0.05, 0.1) is 5.75 Å². The molecule has 1 fully saturated rings. The molecule has 134 valence electrons. The summed E-state index contributed by atoms with van der Waals surface area (Å²) in [5, 5.41) is 2.69. The first-order valence-corrected chi connectivity index (χ1v) is 9.68. The lowest BCUT2D eigenvalue weighted by Gasteiger charge is -2.24. The lowest BCUT2D eigenvalue weighted by Crippen LogP contribution is -2.42. The number of hydrogen-bond donors (Lipinski definition) is 1. The molecular weight excluding hydrogens is 320 g/mol. The first-order chi connectivity index (χ1) is 10.4. The Hall–Kier alpha value is -1.31. The van der Waals surface area contributed by atoms with Crippen LogP contribution >= 0.6 is 0 Å². The van der Waals surface area contributed by atoms with Crippen molar-refractivity contribution in [2.75, 3.05) is 24.6 Å². The number of ether oxygens (including phenoxy) is 1. The number of nitrogens with zero attached hydrogens (tertiary/aromatic N) is 1. The third-order valence-corrected chi connectivity index (χ3v) is 5.02. The van der Waals surface area contributed by atoms with Crippen molar-refractivity contribution in [1.29, 1.82) is 0 Å². The molecule has 1 atom stereocenters. The van der Waals surface area contributed by atoms with Crippen molar-refractivity contribution in [3.63, 3.8) is 0 Å². The van der Waals surface area contributed by atoms with Crippen LogP contribution in [-0.2, 0) is 19.4 Å². The van der Waals surface area contributed by atoms with Crippen molar-refractivity contribution >= 4 is 21.8 Å². The smallest absolute Gasteiger partial charge is 0.410 e. The summed E-state index contributed by atoms with van der Waals surface area (Å²) in [7, 11) is -3.39. The SMILES string of the molecule is CC(C)CS(=O)(=O)CC(=O)N[C@H]1CCN(C(=O)OC(C)(C)C)C1. The van der Waals surface area contributed by atoms with Gasteiger partial charge in [-0.25, -0.2) is 13.2 Å². The molecule has 1 saturated heterocycles. The average molecular weight is 348 g/mol. The van der Waals surface area contributed by atoms with Gasteiger partial charge in [0.15, 0.2) is 9.84 Å². The van der Waals surface area contributed by atoms with E-state index in [1.54, 1.807) is 34.6 Å². The maximum atomic E-state index is 11.9. The van der Waals surface area contributed by atoms with E-state index in [-0.39, 0.29) is 17.7 Å². The third-order valence-electron chi connectivity index (χ3n) is 3.14. The Balaban J connectivity index is 2.46. The summed E-state index contributed by atoms with van der Waals surface area (Å²) in [5.41, 5.74) is -0.566. The monoisotopic (exact) mass is 348 g/mol. The number of nitrogens with one attached hydrogen (secondary N) is 1. The maximum absolute atomic E-state index is 11.9. The van der Waals surface area contributed by atoms with Gasteiger partial charge in [-0.1, -0.05) is 13.8 Å². The van der Waals surface area contributed by atoms with Gasteiger partial charge in [0.1, 0.15) is 11.4 Å². The van der Waals surface area contributed by atoms with Gasteiger partial charge in [0.25, 0.3) is 0 Å². The molecule has 23 heavy (non-hydrogen) atoms. The number of sulfone groups is 1. The van der Waals surface area contributed by atoms with E-state index >= 15 is 0 Å². The molecule has 1 N–H and O–H groups in total. The van der Waals surface area contributed by atoms with Gasteiger partial charge in [-0.2, -0.15) is 0 Å². The van der Waals surface area contributed by atoms with Crippen molar-refractivity contribution in [3.05, 3.63) is 0 Å². The molecule has 0 aromatic heterocycles. The normalized spacial score (nSPS) is 19.0. The molecule has 1 rings (SSSR count). The molecule has 0 aliphatic carbocycles. The van der Waals surface area contributed by atoms with Crippen LogP contribution in [0.2, 0.25) is 0 Å². The van der Waals surface area contributed by atoms with E-state index in [0.29, 0.717) is 19.5 Å². The van der Waals surface area contributed by atoms with E-state index in [2.05, 4.69) is 5.32 Å². The summed E-state index contributed by atoms with van der Waals surface area (Å²) >= 11 is 0. The number of carbonyl (C=O) groups is 2. The van der Waals surface area contributed by atoms with Crippen LogP contribution in [0.4, 0.5) is 4.79 Å².